The van der Waals surface area contributed by atoms with Gasteiger partial charge >= 0.3 is 0 Å². The van der Waals surface area contributed by atoms with Crippen molar-refractivity contribution in [3.8, 4) is 11.5 Å². The molecule has 0 radical (unpaired) electrons. The molecule has 0 aliphatic carbocycles. The highest BCUT2D eigenvalue weighted by molar-refractivity contribution is 5.40. The first-order valence-electron chi connectivity index (χ1n) is 6.95. The number of hydrogen-bond donors (Lipinski definition) is 1. The Morgan fingerprint density at radius 1 is 1.24 bits per heavy atom. The van der Waals surface area contributed by atoms with E-state index >= 15 is 0 Å². The number of rotatable bonds is 7. The molecular weight excluding hydrogens is 268 g/mol. The van der Waals surface area contributed by atoms with Gasteiger partial charge in [0.25, 0.3) is 0 Å². The first kappa shape index (κ1) is 15.3. The quantitative estimate of drug-likeness (QED) is 0.843. The van der Waals surface area contributed by atoms with Crippen LogP contribution in [0.2, 0.25) is 0 Å². The molecule has 0 aliphatic heterocycles. The average molecular weight is 290 g/mol. The smallest absolute Gasteiger partial charge is 0.124 e. The lowest BCUT2D eigenvalue weighted by Gasteiger charge is -2.10. The number of methoxy groups -OCH3 is 2. The summed E-state index contributed by atoms with van der Waals surface area (Å²) in [5.74, 6) is 1.61. The van der Waals surface area contributed by atoms with Gasteiger partial charge in [-0.15, -0.1) is 5.10 Å². The van der Waals surface area contributed by atoms with Crippen LogP contribution in [0.25, 0.3) is 0 Å². The summed E-state index contributed by atoms with van der Waals surface area (Å²) in [6.07, 6.45) is 1.94. The summed E-state index contributed by atoms with van der Waals surface area (Å²) in [6.45, 7) is 5.51. The van der Waals surface area contributed by atoms with Gasteiger partial charge in [-0.25, -0.2) is 4.68 Å². The Morgan fingerprint density at radius 3 is 2.71 bits per heavy atom. The average Bonchev–Trinajstić information content (AvgIpc) is 2.92. The van der Waals surface area contributed by atoms with Crippen LogP contribution >= 0.6 is 0 Å². The zero-order chi connectivity index (χ0) is 15.2. The topological polar surface area (TPSA) is 61.2 Å². The van der Waals surface area contributed by atoms with Crippen LogP contribution in [-0.4, -0.2) is 35.3 Å². The Balaban J connectivity index is 2.10. The molecule has 0 fully saturated rings. The van der Waals surface area contributed by atoms with Gasteiger partial charge in [0.15, 0.2) is 0 Å². The summed E-state index contributed by atoms with van der Waals surface area (Å²) in [5, 5.41) is 11.6. The Labute approximate surface area is 125 Å². The van der Waals surface area contributed by atoms with Gasteiger partial charge in [-0.3, -0.25) is 0 Å². The van der Waals surface area contributed by atoms with Crippen molar-refractivity contribution in [2.45, 2.75) is 33.0 Å². The van der Waals surface area contributed by atoms with E-state index in [4.69, 9.17) is 9.47 Å². The Morgan fingerprint density at radius 2 is 2.05 bits per heavy atom. The predicted octanol–water partition coefficient (Wildman–Crippen LogP) is 1.84. The van der Waals surface area contributed by atoms with E-state index in [0.717, 1.165) is 22.8 Å². The zero-order valence-corrected chi connectivity index (χ0v) is 13.0. The van der Waals surface area contributed by atoms with Gasteiger partial charge in [-0.05, 0) is 18.2 Å². The molecule has 0 atom stereocenters. The molecule has 1 heterocycles. The molecule has 0 spiro atoms. The maximum atomic E-state index is 5.37. The van der Waals surface area contributed by atoms with Gasteiger partial charge in [-0.1, -0.05) is 19.1 Å². The summed E-state index contributed by atoms with van der Waals surface area (Å²) in [6, 6.07) is 6.15. The van der Waals surface area contributed by atoms with Crippen molar-refractivity contribution in [3.05, 3.63) is 35.7 Å². The number of benzene rings is 1. The lowest BCUT2D eigenvalue weighted by molar-refractivity contribution is 0.396. The van der Waals surface area contributed by atoms with Gasteiger partial charge < -0.3 is 14.8 Å². The fraction of sp³-hybridized carbons (Fsp3) is 0.467. The Hall–Kier alpha value is -2.08. The van der Waals surface area contributed by atoms with Crippen molar-refractivity contribution in [2.24, 2.45) is 0 Å². The number of nitrogens with one attached hydrogen (secondary N) is 1. The first-order chi connectivity index (χ1) is 10.1. The van der Waals surface area contributed by atoms with E-state index in [0.29, 0.717) is 19.1 Å². The lowest BCUT2D eigenvalue weighted by Crippen LogP contribution is -2.21. The molecule has 2 aromatic rings. The monoisotopic (exact) mass is 290 g/mol. The van der Waals surface area contributed by atoms with E-state index in [2.05, 4.69) is 29.5 Å². The van der Waals surface area contributed by atoms with Crippen LogP contribution in [0.15, 0.2) is 24.4 Å². The summed E-state index contributed by atoms with van der Waals surface area (Å²) >= 11 is 0. The minimum absolute atomic E-state index is 0.425. The molecule has 6 heteroatoms. The maximum absolute atomic E-state index is 5.37. The Kier molecular flexibility index (Phi) is 5.16. The first-order valence-corrected chi connectivity index (χ1v) is 6.95. The van der Waals surface area contributed by atoms with Crippen LogP contribution in [0.5, 0.6) is 11.5 Å². The zero-order valence-electron chi connectivity index (χ0n) is 13.0. The van der Waals surface area contributed by atoms with Gasteiger partial charge in [0.2, 0.25) is 0 Å². The number of nitrogens with zero attached hydrogens (tertiary/aromatic N) is 3. The van der Waals surface area contributed by atoms with Crippen molar-refractivity contribution >= 4 is 0 Å². The van der Waals surface area contributed by atoms with E-state index in [-0.39, 0.29) is 0 Å². The van der Waals surface area contributed by atoms with Gasteiger partial charge in [0.1, 0.15) is 11.5 Å². The molecule has 114 valence electrons. The number of ether oxygens (including phenoxy) is 2. The summed E-state index contributed by atoms with van der Waals surface area (Å²) in [5.41, 5.74) is 1.93. The third kappa shape index (κ3) is 4.19. The van der Waals surface area contributed by atoms with Crippen molar-refractivity contribution in [1.29, 1.82) is 0 Å². The standard InChI is InChI=1S/C15H22N4O2/c1-11(2)16-8-13-10-19(18-17-13)9-12-7-14(20-3)5-6-15(12)21-4/h5-7,10-11,16H,8-9H2,1-4H3. The predicted molar refractivity (Wildman–Crippen MR) is 80.6 cm³/mol. The maximum Gasteiger partial charge on any atom is 0.124 e. The summed E-state index contributed by atoms with van der Waals surface area (Å²) in [7, 11) is 3.31. The molecule has 0 saturated heterocycles. The summed E-state index contributed by atoms with van der Waals surface area (Å²) < 4.78 is 12.4. The third-order valence-corrected chi connectivity index (χ3v) is 3.10. The molecule has 21 heavy (non-hydrogen) atoms. The molecule has 0 unspecified atom stereocenters. The number of aromatic nitrogens is 3. The van der Waals surface area contributed by atoms with Crippen LogP contribution in [0, 0.1) is 0 Å². The molecule has 6 nitrogen and oxygen atoms in total. The summed E-state index contributed by atoms with van der Waals surface area (Å²) in [4.78, 5) is 0. The van der Waals surface area contributed by atoms with E-state index in [9.17, 15) is 0 Å². The van der Waals surface area contributed by atoms with Crippen LogP contribution in [0.1, 0.15) is 25.1 Å². The fourth-order valence-corrected chi connectivity index (χ4v) is 1.99. The highest BCUT2D eigenvalue weighted by atomic mass is 16.5. The van der Waals surface area contributed by atoms with Crippen molar-refractivity contribution in [2.75, 3.05) is 14.2 Å². The van der Waals surface area contributed by atoms with Crippen LogP contribution in [0.3, 0.4) is 0 Å². The molecule has 2 rings (SSSR count). The van der Waals surface area contributed by atoms with Gasteiger partial charge in [-0.2, -0.15) is 0 Å². The second-order valence-corrected chi connectivity index (χ2v) is 5.12. The molecule has 1 N–H and O–H groups in total. The second-order valence-electron chi connectivity index (χ2n) is 5.12. The van der Waals surface area contributed by atoms with E-state index in [1.165, 1.54) is 0 Å². The molecule has 0 aliphatic rings. The molecule has 0 bridgehead atoms. The van der Waals surface area contributed by atoms with Crippen molar-refractivity contribution in [1.82, 2.24) is 20.3 Å². The highest BCUT2D eigenvalue weighted by Gasteiger charge is 2.08. The van der Waals surface area contributed by atoms with Crippen LogP contribution < -0.4 is 14.8 Å². The second kappa shape index (κ2) is 7.08. The minimum Gasteiger partial charge on any atom is -0.497 e. The molecule has 1 aromatic heterocycles. The Bertz CT molecular complexity index is 581. The normalized spacial score (nSPS) is 10.9. The molecule has 0 saturated carbocycles. The molecule has 1 aromatic carbocycles. The van der Waals surface area contributed by atoms with Crippen LogP contribution in [0.4, 0.5) is 0 Å². The highest BCUT2D eigenvalue weighted by Crippen LogP contribution is 2.24. The van der Waals surface area contributed by atoms with Crippen LogP contribution in [-0.2, 0) is 13.1 Å². The van der Waals surface area contributed by atoms with Crippen molar-refractivity contribution in [3.63, 3.8) is 0 Å². The lowest BCUT2D eigenvalue weighted by atomic mass is 10.2. The van der Waals surface area contributed by atoms with E-state index < -0.39 is 0 Å². The van der Waals surface area contributed by atoms with Gasteiger partial charge in [0, 0.05) is 18.2 Å². The van der Waals surface area contributed by atoms with Crippen molar-refractivity contribution < 1.29 is 9.47 Å². The van der Waals surface area contributed by atoms with E-state index in [1.54, 1.807) is 18.9 Å². The van der Waals surface area contributed by atoms with Gasteiger partial charge in [0.05, 0.1) is 32.7 Å². The SMILES string of the molecule is COc1ccc(OC)c(Cn2cc(CNC(C)C)nn2)c1. The number of hydrogen-bond acceptors (Lipinski definition) is 5. The molecule has 0 amide bonds. The minimum atomic E-state index is 0.425. The largest absolute Gasteiger partial charge is 0.497 e. The third-order valence-electron chi connectivity index (χ3n) is 3.10. The fourth-order valence-electron chi connectivity index (χ4n) is 1.99. The van der Waals surface area contributed by atoms with E-state index in [1.807, 2.05) is 24.4 Å². The molecular formula is C15H22N4O2.